The van der Waals surface area contributed by atoms with Crippen LogP contribution in [-0.4, -0.2) is 35.3 Å². The fourth-order valence-corrected chi connectivity index (χ4v) is 4.38. The quantitative estimate of drug-likeness (QED) is 0.188. The Bertz CT molecular complexity index is 1350. The summed E-state index contributed by atoms with van der Waals surface area (Å²) in [6.45, 7) is 5.21. The summed E-state index contributed by atoms with van der Waals surface area (Å²) in [6.07, 6.45) is 1.95. The number of anilines is 4. The van der Waals surface area contributed by atoms with Gasteiger partial charge in [0.2, 0.25) is 5.95 Å². The largest absolute Gasteiger partial charge is 0.495 e. The van der Waals surface area contributed by atoms with Gasteiger partial charge in [0, 0.05) is 23.9 Å². The van der Waals surface area contributed by atoms with Crippen LogP contribution in [0.2, 0.25) is 5.02 Å². The summed E-state index contributed by atoms with van der Waals surface area (Å²) in [7, 11) is -1.12. The number of hydrogen-bond acceptors (Lipinski definition) is 8. The van der Waals surface area contributed by atoms with Crippen LogP contribution >= 0.6 is 18.7 Å². The van der Waals surface area contributed by atoms with Gasteiger partial charge in [-0.1, -0.05) is 42.5 Å². The molecule has 9 nitrogen and oxygen atoms in total. The number of benzene rings is 2. The number of halogens is 1. The van der Waals surface area contributed by atoms with Crippen molar-refractivity contribution in [2.75, 3.05) is 31.1 Å². The molecule has 0 bridgehead atoms. The van der Waals surface area contributed by atoms with Crippen LogP contribution in [0.25, 0.3) is 0 Å². The second-order valence-electron chi connectivity index (χ2n) is 7.49. The van der Waals surface area contributed by atoms with Gasteiger partial charge < -0.3 is 19.9 Å². The number of para-hydroxylation sites is 1. The highest BCUT2D eigenvalue weighted by Crippen LogP contribution is 2.39. The van der Waals surface area contributed by atoms with E-state index in [4.69, 9.17) is 16.3 Å². The minimum Gasteiger partial charge on any atom is -0.495 e. The first-order valence-electron chi connectivity index (χ1n) is 10.2. The van der Waals surface area contributed by atoms with Gasteiger partial charge in [0.25, 0.3) is 5.69 Å². The third-order valence-electron chi connectivity index (χ3n) is 4.64. The molecular formula is C23H23ClN5O4P. The number of ether oxygens (including phenoxy) is 1. The van der Waals surface area contributed by atoms with Crippen LogP contribution in [0, 0.1) is 22.0 Å². The molecule has 0 atom stereocenters. The number of nitrogens with zero attached hydrogens (tertiary/aromatic N) is 3. The molecule has 1 aromatic heterocycles. The predicted octanol–water partition coefficient (Wildman–Crippen LogP) is 5.54. The van der Waals surface area contributed by atoms with E-state index in [0.29, 0.717) is 23.2 Å². The molecule has 2 aromatic carbocycles. The van der Waals surface area contributed by atoms with Gasteiger partial charge in [-0.15, -0.1) is 0 Å². The zero-order valence-electron chi connectivity index (χ0n) is 19.0. The van der Waals surface area contributed by atoms with Gasteiger partial charge in [-0.2, -0.15) is 4.98 Å². The number of aromatic nitrogens is 2. The van der Waals surface area contributed by atoms with E-state index in [1.165, 1.54) is 25.4 Å². The number of nitro benzene ring substituents is 1. The zero-order chi connectivity index (χ0) is 24.9. The number of nitro groups is 1. The molecule has 0 aliphatic rings. The first-order valence-corrected chi connectivity index (χ1v) is 13.2. The summed E-state index contributed by atoms with van der Waals surface area (Å²) in [4.78, 5) is 19.6. The maximum Gasteiger partial charge on any atom is 0.287 e. The van der Waals surface area contributed by atoms with Crippen molar-refractivity contribution in [2.24, 2.45) is 0 Å². The van der Waals surface area contributed by atoms with E-state index in [9.17, 15) is 14.7 Å². The minimum absolute atomic E-state index is 0.126. The van der Waals surface area contributed by atoms with Crippen LogP contribution in [0.3, 0.4) is 0 Å². The van der Waals surface area contributed by atoms with Crippen molar-refractivity contribution in [3.63, 3.8) is 0 Å². The lowest BCUT2D eigenvalue weighted by atomic mass is 10.1. The summed E-state index contributed by atoms with van der Waals surface area (Å²) in [5, 5.41) is 18.5. The Kier molecular flexibility index (Phi) is 7.77. The summed E-state index contributed by atoms with van der Waals surface area (Å²) in [6, 6.07) is 10.00. The average molecular weight is 500 g/mol. The van der Waals surface area contributed by atoms with Crippen LogP contribution in [0.1, 0.15) is 18.9 Å². The third kappa shape index (κ3) is 5.84. The van der Waals surface area contributed by atoms with Crippen molar-refractivity contribution in [2.45, 2.75) is 13.3 Å². The number of methoxy groups -OCH3 is 1. The SMILES string of the molecule is CCC#Cc1cc(OC)c(Nc2ncc(Cl)c(Nc3ccccc3P(C)(C)=O)n2)cc1[N+](=O)[O-]. The van der Waals surface area contributed by atoms with Gasteiger partial charge in [0.15, 0.2) is 5.82 Å². The first kappa shape index (κ1) is 25.0. The highest BCUT2D eigenvalue weighted by Gasteiger charge is 2.20. The molecule has 0 aliphatic carbocycles. The monoisotopic (exact) mass is 499 g/mol. The Labute approximate surface area is 202 Å². The van der Waals surface area contributed by atoms with Crippen LogP contribution in [0.4, 0.5) is 28.8 Å². The molecule has 34 heavy (non-hydrogen) atoms. The van der Waals surface area contributed by atoms with Crippen molar-refractivity contribution in [1.29, 1.82) is 0 Å². The Morgan fingerprint density at radius 3 is 2.59 bits per heavy atom. The molecule has 3 aromatic rings. The molecule has 1 heterocycles. The molecule has 0 saturated carbocycles. The lowest BCUT2D eigenvalue weighted by Gasteiger charge is -2.16. The molecule has 0 spiro atoms. The maximum absolute atomic E-state index is 12.7. The Morgan fingerprint density at radius 1 is 1.21 bits per heavy atom. The second kappa shape index (κ2) is 10.6. The van der Waals surface area contributed by atoms with E-state index in [2.05, 4.69) is 32.4 Å². The van der Waals surface area contributed by atoms with Gasteiger partial charge in [-0.05, 0) is 25.5 Å². The Morgan fingerprint density at radius 2 is 1.94 bits per heavy atom. The lowest BCUT2D eigenvalue weighted by Crippen LogP contribution is -2.11. The molecule has 176 valence electrons. The van der Waals surface area contributed by atoms with Gasteiger partial charge in [0.1, 0.15) is 23.5 Å². The van der Waals surface area contributed by atoms with E-state index >= 15 is 0 Å². The molecular weight excluding hydrogens is 477 g/mol. The molecule has 0 amide bonds. The fourth-order valence-electron chi connectivity index (χ4n) is 3.08. The fraction of sp³-hybridized carbons (Fsp3) is 0.217. The number of nitrogens with one attached hydrogen (secondary N) is 2. The van der Waals surface area contributed by atoms with Crippen molar-refractivity contribution in [3.05, 3.63) is 63.3 Å². The predicted molar refractivity (Wildman–Crippen MR) is 136 cm³/mol. The van der Waals surface area contributed by atoms with E-state index in [1.54, 1.807) is 25.5 Å². The molecule has 0 radical (unpaired) electrons. The molecule has 0 fully saturated rings. The molecule has 11 heteroatoms. The molecule has 0 aliphatic heterocycles. The minimum atomic E-state index is -2.57. The van der Waals surface area contributed by atoms with E-state index < -0.39 is 12.1 Å². The maximum atomic E-state index is 12.7. The van der Waals surface area contributed by atoms with Crippen LogP contribution < -0.4 is 20.7 Å². The third-order valence-corrected chi connectivity index (χ3v) is 6.47. The summed E-state index contributed by atoms with van der Waals surface area (Å²) in [5.74, 6) is 6.36. The summed E-state index contributed by atoms with van der Waals surface area (Å²) >= 11 is 6.30. The summed E-state index contributed by atoms with van der Waals surface area (Å²) < 4.78 is 18.1. The van der Waals surface area contributed by atoms with Crippen molar-refractivity contribution in [3.8, 4) is 17.6 Å². The number of hydrogen-bond donors (Lipinski definition) is 2. The Hall–Kier alpha value is -3.60. The van der Waals surface area contributed by atoms with Crippen molar-refractivity contribution >= 4 is 52.9 Å². The summed E-state index contributed by atoms with van der Waals surface area (Å²) in [5.41, 5.74) is 0.965. The lowest BCUT2D eigenvalue weighted by molar-refractivity contribution is -0.385. The second-order valence-corrected chi connectivity index (χ2v) is 11.1. The topological polar surface area (TPSA) is 119 Å². The van der Waals surface area contributed by atoms with E-state index in [0.717, 1.165) is 0 Å². The van der Waals surface area contributed by atoms with Gasteiger partial charge in [-0.3, -0.25) is 10.1 Å². The van der Waals surface area contributed by atoms with Gasteiger partial charge in [-0.25, -0.2) is 4.98 Å². The van der Waals surface area contributed by atoms with Crippen LogP contribution in [-0.2, 0) is 4.57 Å². The normalized spacial score (nSPS) is 10.7. The van der Waals surface area contributed by atoms with E-state index in [-0.39, 0.29) is 33.7 Å². The molecule has 2 N–H and O–H groups in total. The Balaban J connectivity index is 2.00. The van der Waals surface area contributed by atoms with Crippen LogP contribution in [0.5, 0.6) is 5.75 Å². The zero-order valence-corrected chi connectivity index (χ0v) is 20.7. The van der Waals surface area contributed by atoms with Gasteiger partial charge in [0.05, 0.1) is 29.6 Å². The smallest absolute Gasteiger partial charge is 0.287 e. The molecule has 3 rings (SSSR count). The highest BCUT2D eigenvalue weighted by molar-refractivity contribution is 7.70. The van der Waals surface area contributed by atoms with Crippen LogP contribution in [0.15, 0.2) is 42.6 Å². The standard InChI is InChI=1S/C23H23ClN5O4P/c1-5-6-9-15-12-20(33-2)18(13-19(15)29(30)31)27-23-25-14-16(24)22(28-23)26-17-10-7-8-11-21(17)34(3,4)32/h7-8,10-14H,5H2,1-4H3,(H2,25,26,27,28). The van der Waals surface area contributed by atoms with Crippen molar-refractivity contribution in [1.82, 2.24) is 9.97 Å². The molecule has 0 saturated heterocycles. The van der Waals surface area contributed by atoms with Gasteiger partial charge >= 0.3 is 0 Å². The average Bonchev–Trinajstić information content (AvgIpc) is 2.79. The van der Waals surface area contributed by atoms with Crippen molar-refractivity contribution < 1.29 is 14.2 Å². The number of rotatable bonds is 7. The first-order chi connectivity index (χ1) is 16.1. The highest BCUT2D eigenvalue weighted by atomic mass is 35.5. The van der Waals surface area contributed by atoms with E-state index in [1.807, 2.05) is 19.1 Å². The molecule has 0 unspecified atom stereocenters.